The Morgan fingerprint density at radius 2 is 2.00 bits per heavy atom. The number of rotatable bonds is 5. The van der Waals surface area contributed by atoms with Crippen LogP contribution in [0.25, 0.3) is 0 Å². The number of carbonyl (C=O) groups excluding carboxylic acids is 1. The number of carbonyl (C=O) groups is 1. The van der Waals surface area contributed by atoms with Crippen LogP contribution in [0.15, 0.2) is 23.3 Å². The maximum atomic E-state index is 11.7. The zero-order valence-corrected chi connectivity index (χ0v) is 16.3. The van der Waals surface area contributed by atoms with Gasteiger partial charge in [-0.15, -0.1) is 0 Å². The highest BCUT2D eigenvalue weighted by molar-refractivity contribution is 5.99. The first-order chi connectivity index (χ1) is 12.3. The maximum absolute atomic E-state index is 11.7. The molecule has 0 radical (unpaired) electrons. The van der Waals surface area contributed by atoms with E-state index in [1.807, 2.05) is 39.8 Å². The van der Waals surface area contributed by atoms with Crippen LogP contribution in [-0.2, 0) is 16.0 Å². The fourth-order valence-corrected chi connectivity index (χ4v) is 2.74. The van der Waals surface area contributed by atoms with Crippen molar-refractivity contribution in [1.29, 1.82) is 0 Å². The molecule has 1 heterocycles. The van der Waals surface area contributed by atoms with Crippen LogP contribution in [0.5, 0.6) is 5.75 Å². The van der Waals surface area contributed by atoms with Gasteiger partial charge in [0.2, 0.25) is 0 Å². The van der Waals surface area contributed by atoms with Gasteiger partial charge in [-0.25, -0.2) is 10.2 Å². The quantitative estimate of drug-likeness (QED) is 0.611. The molecule has 0 saturated carbocycles. The molecular weight excluding hydrogens is 334 g/mol. The Hall–Kier alpha value is -2.12. The van der Waals surface area contributed by atoms with E-state index in [-0.39, 0.29) is 0 Å². The summed E-state index contributed by atoms with van der Waals surface area (Å²) in [5.74, 6) is 0.862. The van der Waals surface area contributed by atoms with Crippen LogP contribution >= 0.6 is 0 Å². The number of amides is 1. The molecule has 1 fully saturated rings. The van der Waals surface area contributed by atoms with E-state index in [0.29, 0.717) is 5.71 Å². The monoisotopic (exact) mass is 364 g/mol. The second kappa shape index (κ2) is 9.00. The van der Waals surface area contributed by atoms with Crippen LogP contribution in [0, 0.1) is 0 Å². The molecule has 1 amide bonds. The van der Waals surface area contributed by atoms with Crippen LogP contribution in [0.3, 0.4) is 0 Å². The molecule has 1 aromatic carbocycles. The number of hydrazone groups is 1. The van der Waals surface area contributed by atoms with Gasteiger partial charge in [-0.3, -0.25) is 0 Å². The Balaban J connectivity index is 2.09. The van der Waals surface area contributed by atoms with Crippen molar-refractivity contribution in [3.05, 3.63) is 29.3 Å². The number of benzene rings is 1. The molecule has 0 spiro atoms. The summed E-state index contributed by atoms with van der Waals surface area (Å²) in [6.45, 7) is 11.7. The molecule has 26 heavy (non-hydrogen) atoms. The summed E-state index contributed by atoms with van der Waals surface area (Å²) < 4.78 is 16.1. The molecule has 0 aliphatic carbocycles. The molecule has 1 aliphatic heterocycles. The number of ether oxygens (including phenoxy) is 3. The largest absolute Gasteiger partial charge is 0.496 e. The van der Waals surface area contributed by atoms with Gasteiger partial charge in [0.15, 0.2) is 0 Å². The molecule has 1 aromatic rings. The van der Waals surface area contributed by atoms with Gasteiger partial charge in [-0.1, -0.05) is 0 Å². The SMILES string of the molecule is COc1ccc(/C(C)=N\NC(=O)OC(C)(C)C)cc1C[NH+]1CCOCC1. The van der Waals surface area contributed by atoms with Gasteiger partial charge in [0.05, 0.1) is 26.0 Å². The summed E-state index contributed by atoms with van der Waals surface area (Å²) in [5.41, 5.74) is 4.65. The topological polar surface area (TPSA) is 73.6 Å². The predicted octanol–water partition coefficient (Wildman–Crippen LogP) is 1.36. The Kier molecular flexibility index (Phi) is 6.99. The average molecular weight is 364 g/mol. The van der Waals surface area contributed by atoms with E-state index in [2.05, 4.69) is 16.6 Å². The lowest BCUT2D eigenvalue weighted by Crippen LogP contribution is -3.12. The van der Waals surface area contributed by atoms with Crippen LogP contribution in [0.1, 0.15) is 38.8 Å². The standard InChI is InChI=1S/C19H29N3O4/c1-14(20-21-18(23)26-19(2,3)4)15-6-7-17(24-5)16(12-15)13-22-8-10-25-11-9-22/h6-7,12H,8-11,13H2,1-5H3,(H,21,23)/p+1/b20-14-. The zero-order chi connectivity index (χ0) is 19.2. The highest BCUT2D eigenvalue weighted by atomic mass is 16.6. The maximum Gasteiger partial charge on any atom is 0.428 e. The number of hydrogen-bond acceptors (Lipinski definition) is 5. The highest BCUT2D eigenvalue weighted by Gasteiger charge is 2.18. The van der Waals surface area contributed by atoms with Crippen LogP contribution in [0.4, 0.5) is 4.79 Å². The summed E-state index contributed by atoms with van der Waals surface area (Å²) in [4.78, 5) is 13.2. The number of morpholine rings is 1. The molecule has 0 atom stereocenters. The number of quaternary nitrogens is 1. The highest BCUT2D eigenvalue weighted by Crippen LogP contribution is 2.19. The van der Waals surface area contributed by atoms with E-state index >= 15 is 0 Å². The van der Waals surface area contributed by atoms with Crippen LogP contribution < -0.4 is 15.1 Å². The minimum atomic E-state index is -0.566. The Morgan fingerprint density at radius 3 is 2.62 bits per heavy atom. The first-order valence-electron chi connectivity index (χ1n) is 8.90. The molecule has 0 bridgehead atoms. The lowest BCUT2D eigenvalue weighted by molar-refractivity contribution is -0.921. The molecule has 1 aliphatic rings. The summed E-state index contributed by atoms with van der Waals surface area (Å²) in [5, 5.41) is 4.15. The van der Waals surface area contributed by atoms with Crippen molar-refractivity contribution in [1.82, 2.24) is 5.43 Å². The third kappa shape index (κ3) is 6.31. The van der Waals surface area contributed by atoms with Gasteiger partial charge in [-0.2, -0.15) is 5.10 Å². The normalized spacial score (nSPS) is 16.3. The van der Waals surface area contributed by atoms with Crippen molar-refractivity contribution < 1.29 is 23.9 Å². The van der Waals surface area contributed by atoms with Gasteiger partial charge < -0.3 is 19.1 Å². The van der Waals surface area contributed by atoms with Gasteiger partial charge in [0.25, 0.3) is 0 Å². The smallest absolute Gasteiger partial charge is 0.428 e. The van der Waals surface area contributed by atoms with Crippen molar-refractivity contribution in [2.24, 2.45) is 5.10 Å². The van der Waals surface area contributed by atoms with Crippen molar-refractivity contribution in [2.45, 2.75) is 39.8 Å². The molecular formula is C19H30N3O4+. The first kappa shape index (κ1) is 20.2. The van der Waals surface area contributed by atoms with Gasteiger partial charge in [0, 0.05) is 5.56 Å². The van der Waals surface area contributed by atoms with Gasteiger partial charge in [-0.05, 0) is 51.5 Å². The fourth-order valence-electron chi connectivity index (χ4n) is 2.74. The van der Waals surface area contributed by atoms with Crippen molar-refractivity contribution in [3.8, 4) is 5.75 Å². The van der Waals surface area contributed by atoms with Crippen LogP contribution in [0.2, 0.25) is 0 Å². The van der Waals surface area contributed by atoms with E-state index in [1.165, 1.54) is 4.90 Å². The predicted molar refractivity (Wildman–Crippen MR) is 99.8 cm³/mol. The molecule has 144 valence electrons. The number of hydrogen-bond donors (Lipinski definition) is 2. The third-order valence-corrected chi connectivity index (χ3v) is 4.05. The van der Waals surface area contributed by atoms with E-state index in [1.54, 1.807) is 7.11 Å². The van der Waals surface area contributed by atoms with E-state index in [4.69, 9.17) is 14.2 Å². The first-order valence-corrected chi connectivity index (χ1v) is 8.90. The van der Waals surface area contributed by atoms with E-state index in [0.717, 1.165) is 49.7 Å². The van der Waals surface area contributed by atoms with Crippen molar-refractivity contribution in [3.63, 3.8) is 0 Å². The lowest BCUT2D eigenvalue weighted by Gasteiger charge is -2.24. The third-order valence-electron chi connectivity index (χ3n) is 4.05. The zero-order valence-electron chi connectivity index (χ0n) is 16.3. The molecule has 7 nitrogen and oxygen atoms in total. The molecule has 7 heteroatoms. The Bertz CT molecular complexity index is 647. The van der Waals surface area contributed by atoms with E-state index < -0.39 is 11.7 Å². The van der Waals surface area contributed by atoms with Crippen molar-refractivity contribution >= 4 is 11.8 Å². The summed E-state index contributed by atoms with van der Waals surface area (Å²) >= 11 is 0. The van der Waals surface area contributed by atoms with Crippen molar-refractivity contribution in [2.75, 3.05) is 33.4 Å². The molecule has 2 rings (SSSR count). The summed E-state index contributed by atoms with van der Waals surface area (Å²) in [6.07, 6.45) is -0.566. The number of nitrogens with one attached hydrogen (secondary N) is 2. The minimum absolute atomic E-state index is 0.554. The lowest BCUT2D eigenvalue weighted by atomic mass is 10.1. The molecule has 1 saturated heterocycles. The molecule has 0 aromatic heterocycles. The second-order valence-corrected chi connectivity index (χ2v) is 7.38. The van der Waals surface area contributed by atoms with Gasteiger partial charge in [0.1, 0.15) is 31.0 Å². The van der Waals surface area contributed by atoms with Gasteiger partial charge >= 0.3 is 6.09 Å². The summed E-state index contributed by atoms with van der Waals surface area (Å²) in [7, 11) is 1.68. The summed E-state index contributed by atoms with van der Waals surface area (Å²) in [6, 6.07) is 5.94. The molecule has 0 unspecified atom stereocenters. The number of methoxy groups -OCH3 is 1. The number of nitrogens with zero attached hydrogens (tertiary/aromatic N) is 1. The fraction of sp³-hybridized carbons (Fsp3) is 0.579. The Morgan fingerprint density at radius 1 is 1.31 bits per heavy atom. The molecule has 2 N–H and O–H groups in total. The minimum Gasteiger partial charge on any atom is -0.496 e. The second-order valence-electron chi connectivity index (χ2n) is 7.38. The Labute approximate surface area is 155 Å². The van der Waals surface area contributed by atoms with Crippen LogP contribution in [-0.4, -0.2) is 50.8 Å². The van der Waals surface area contributed by atoms with E-state index in [9.17, 15) is 4.79 Å². The average Bonchev–Trinajstić information content (AvgIpc) is 2.59.